The summed E-state index contributed by atoms with van der Waals surface area (Å²) in [5.74, 6) is 0.543. The van der Waals surface area contributed by atoms with E-state index in [0.29, 0.717) is 11.5 Å². The Labute approximate surface area is 195 Å². The van der Waals surface area contributed by atoms with Gasteiger partial charge in [-0.25, -0.2) is 9.59 Å². The lowest BCUT2D eigenvalue weighted by Crippen LogP contribution is -2.41. The highest BCUT2D eigenvalue weighted by Crippen LogP contribution is 2.66. The molecule has 7 heteroatoms. The van der Waals surface area contributed by atoms with Crippen LogP contribution in [0.5, 0.6) is 11.6 Å². The molecule has 1 aliphatic carbocycles. The Balaban J connectivity index is 1.73. The van der Waals surface area contributed by atoms with E-state index >= 15 is 0 Å². The lowest BCUT2D eigenvalue weighted by molar-refractivity contribution is 0.160. The predicted octanol–water partition coefficient (Wildman–Crippen LogP) is 4.45. The summed E-state index contributed by atoms with van der Waals surface area (Å²) in [4.78, 5) is 29.2. The largest absolute Gasteiger partial charge is 0.496 e. The monoisotopic (exact) mass is 457 g/mol. The molecule has 2 aromatic heterocycles. The van der Waals surface area contributed by atoms with E-state index in [1.807, 2.05) is 60.7 Å². The molecule has 2 aromatic carbocycles. The molecule has 0 radical (unpaired) electrons. The number of ether oxygens (including phenoxy) is 2. The fraction of sp³-hybridized carbons (Fsp3) is 0.222. The zero-order chi connectivity index (χ0) is 23.7. The van der Waals surface area contributed by atoms with E-state index in [1.165, 1.54) is 26.4 Å². The van der Waals surface area contributed by atoms with Crippen molar-refractivity contribution in [2.24, 2.45) is 0 Å². The molecular weight excluding hydrogens is 434 g/mol. The highest BCUT2D eigenvalue weighted by Gasteiger charge is 2.56. The van der Waals surface area contributed by atoms with Gasteiger partial charge in [0.2, 0.25) is 11.8 Å². The van der Waals surface area contributed by atoms with Gasteiger partial charge >= 0.3 is 11.3 Å². The van der Waals surface area contributed by atoms with Crippen LogP contribution in [0.3, 0.4) is 0 Å². The van der Waals surface area contributed by atoms with Crippen molar-refractivity contribution in [3.05, 3.63) is 122 Å². The van der Waals surface area contributed by atoms with Crippen molar-refractivity contribution in [1.82, 2.24) is 4.98 Å². The first-order valence-electron chi connectivity index (χ1n) is 10.9. The molecular formula is C27H23NO6. The number of benzene rings is 2. The SMILES string of the molecule is COc1cc(C2C(c3ccccc3)C(c3nc(OC)cc(=O)o3)C2c2ccccc2)oc(=O)c1. The molecule has 2 unspecified atom stereocenters. The van der Waals surface area contributed by atoms with Crippen LogP contribution in [0.15, 0.2) is 97.3 Å². The van der Waals surface area contributed by atoms with Gasteiger partial charge in [0.15, 0.2) is 0 Å². The van der Waals surface area contributed by atoms with Gasteiger partial charge in [-0.3, -0.25) is 0 Å². The molecule has 172 valence electrons. The zero-order valence-electron chi connectivity index (χ0n) is 18.7. The van der Waals surface area contributed by atoms with Gasteiger partial charge in [-0.2, -0.15) is 4.98 Å². The maximum Gasteiger partial charge on any atom is 0.342 e. The molecule has 1 aliphatic rings. The standard InChI is InChI=1S/C27H23NO6/c1-31-18-13-19(33-21(29)14-18)25-23(16-9-5-3-6-10-16)26(24(25)17-11-7-4-8-12-17)27-28-20(32-2)15-22(30)34-27/h3-15,23-26H,1-2H3. The van der Waals surface area contributed by atoms with E-state index in [9.17, 15) is 9.59 Å². The summed E-state index contributed by atoms with van der Waals surface area (Å²) in [5, 5.41) is 0. The van der Waals surface area contributed by atoms with Gasteiger partial charge in [-0.05, 0) is 11.1 Å². The molecule has 7 nitrogen and oxygen atoms in total. The van der Waals surface area contributed by atoms with Crippen LogP contribution in [-0.2, 0) is 0 Å². The summed E-state index contributed by atoms with van der Waals surface area (Å²) in [7, 11) is 2.98. The minimum Gasteiger partial charge on any atom is -0.496 e. The van der Waals surface area contributed by atoms with E-state index < -0.39 is 11.3 Å². The second kappa shape index (κ2) is 9.02. The minimum absolute atomic E-state index is 0.176. The first-order valence-corrected chi connectivity index (χ1v) is 10.9. The molecule has 0 aliphatic heterocycles. The van der Waals surface area contributed by atoms with Crippen LogP contribution in [0, 0.1) is 0 Å². The molecule has 1 fully saturated rings. The van der Waals surface area contributed by atoms with Crippen molar-refractivity contribution in [2.75, 3.05) is 14.2 Å². The summed E-state index contributed by atoms with van der Waals surface area (Å²) in [6.07, 6.45) is 0. The number of aromatic nitrogens is 1. The molecule has 4 aromatic rings. The molecule has 2 atom stereocenters. The van der Waals surface area contributed by atoms with E-state index in [-0.39, 0.29) is 35.4 Å². The normalized spacial score (nSPS) is 21.5. The smallest absolute Gasteiger partial charge is 0.342 e. The van der Waals surface area contributed by atoms with Crippen LogP contribution in [0.2, 0.25) is 0 Å². The highest BCUT2D eigenvalue weighted by molar-refractivity contribution is 5.44. The molecule has 34 heavy (non-hydrogen) atoms. The quantitative estimate of drug-likeness (QED) is 0.422. The summed E-state index contributed by atoms with van der Waals surface area (Å²) < 4.78 is 21.9. The Morgan fingerprint density at radius 2 is 1.26 bits per heavy atom. The maximum atomic E-state index is 12.3. The summed E-state index contributed by atoms with van der Waals surface area (Å²) >= 11 is 0. The van der Waals surface area contributed by atoms with Crippen molar-refractivity contribution in [3.8, 4) is 11.6 Å². The van der Waals surface area contributed by atoms with E-state index in [0.717, 1.165) is 11.1 Å². The lowest BCUT2D eigenvalue weighted by Gasteiger charge is -2.50. The van der Waals surface area contributed by atoms with Crippen LogP contribution in [0.1, 0.15) is 46.4 Å². The van der Waals surface area contributed by atoms with Crippen LogP contribution in [0.4, 0.5) is 0 Å². The first-order chi connectivity index (χ1) is 16.6. The Kier molecular flexibility index (Phi) is 5.76. The third-order valence-corrected chi connectivity index (χ3v) is 6.40. The van der Waals surface area contributed by atoms with Gasteiger partial charge < -0.3 is 18.3 Å². The van der Waals surface area contributed by atoms with Gasteiger partial charge in [-0.15, -0.1) is 0 Å². The van der Waals surface area contributed by atoms with Crippen molar-refractivity contribution in [2.45, 2.75) is 23.7 Å². The topological polar surface area (TPSA) is 91.8 Å². The van der Waals surface area contributed by atoms with Crippen LogP contribution in [-0.4, -0.2) is 19.2 Å². The third-order valence-electron chi connectivity index (χ3n) is 6.40. The first kappa shape index (κ1) is 21.7. The second-order valence-corrected chi connectivity index (χ2v) is 8.20. The van der Waals surface area contributed by atoms with E-state index in [1.54, 1.807) is 6.07 Å². The Hall–Kier alpha value is -4.13. The Morgan fingerprint density at radius 3 is 1.82 bits per heavy atom. The van der Waals surface area contributed by atoms with Gasteiger partial charge in [0.05, 0.1) is 32.3 Å². The molecule has 0 bridgehead atoms. The fourth-order valence-electron chi connectivity index (χ4n) is 4.99. The van der Waals surface area contributed by atoms with Crippen molar-refractivity contribution >= 4 is 0 Å². The third kappa shape index (κ3) is 3.90. The van der Waals surface area contributed by atoms with Crippen molar-refractivity contribution < 1.29 is 18.3 Å². The van der Waals surface area contributed by atoms with Gasteiger partial charge in [0, 0.05) is 23.8 Å². The van der Waals surface area contributed by atoms with Gasteiger partial charge in [0.1, 0.15) is 11.5 Å². The fourth-order valence-corrected chi connectivity index (χ4v) is 4.99. The Bertz CT molecular complexity index is 1280. The van der Waals surface area contributed by atoms with Crippen molar-refractivity contribution in [3.63, 3.8) is 0 Å². The lowest BCUT2D eigenvalue weighted by atomic mass is 9.51. The minimum atomic E-state index is -0.531. The maximum absolute atomic E-state index is 12.3. The van der Waals surface area contributed by atoms with Gasteiger partial charge in [-0.1, -0.05) is 60.7 Å². The second-order valence-electron chi connectivity index (χ2n) is 8.20. The summed E-state index contributed by atoms with van der Waals surface area (Å²) in [5.41, 5.74) is 1.02. The summed E-state index contributed by atoms with van der Waals surface area (Å²) in [6, 6.07) is 24.1. The van der Waals surface area contributed by atoms with Crippen LogP contribution in [0.25, 0.3) is 0 Å². The molecule has 2 heterocycles. The van der Waals surface area contributed by atoms with Crippen molar-refractivity contribution in [1.29, 1.82) is 0 Å². The zero-order valence-corrected chi connectivity index (χ0v) is 18.7. The highest BCUT2D eigenvalue weighted by atomic mass is 16.5. The molecule has 0 spiro atoms. The average molecular weight is 457 g/mol. The number of hydrogen-bond acceptors (Lipinski definition) is 7. The number of nitrogens with zero attached hydrogens (tertiary/aromatic N) is 1. The van der Waals surface area contributed by atoms with Crippen LogP contribution < -0.4 is 20.7 Å². The molecule has 0 saturated heterocycles. The summed E-state index contributed by atoms with van der Waals surface area (Å²) in [6.45, 7) is 0. The van der Waals surface area contributed by atoms with Crippen LogP contribution >= 0.6 is 0 Å². The molecule has 5 rings (SSSR count). The average Bonchev–Trinajstić information content (AvgIpc) is 2.84. The molecule has 1 saturated carbocycles. The Morgan fingerprint density at radius 1 is 0.676 bits per heavy atom. The van der Waals surface area contributed by atoms with E-state index in [4.69, 9.17) is 18.3 Å². The predicted molar refractivity (Wildman–Crippen MR) is 125 cm³/mol. The van der Waals surface area contributed by atoms with Gasteiger partial charge in [0.25, 0.3) is 0 Å². The van der Waals surface area contributed by atoms with E-state index in [2.05, 4.69) is 4.98 Å². The number of hydrogen-bond donors (Lipinski definition) is 0. The number of rotatable bonds is 6. The molecule has 0 N–H and O–H groups in total. The number of methoxy groups -OCH3 is 2. The molecule has 0 amide bonds.